The van der Waals surface area contributed by atoms with Crippen LogP contribution in [0.25, 0.3) is 0 Å². The number of hydrogen-bond donors (Lipinski definition) is 1. The summed E-state index contributed by atoms with van der Waals surface area (Å²) in [5, 5.41) is 2.90. The molecule has 1 N–H and O–H groups in total. The van der Waals surface area contributed by atoms with E-state index in [9.17, 15) is 4.79 Å². The Bertz CT molecular complexity index is 593. The molecule has 2 aromatic rings. The molecule has 0 atom stereocenters. The van der Waals surface area contributed by atoms with E-state index in [0.717, 1.165) is 19.6 Å². The highest BCUT2D eigenvalue weighted by molar-refractivity contribution is 9.13. The lowest BCUT2D eigenvalue weighted by Gasteiger charge is -2.07. The summed E-state index contributed by atoms with van der Waals surface area (Å²) >= 11 is 8.16. The summed E-state index contributed by atoms with van der Waals surface area (Å²) < 4.78 is 7.25. The first-order valence-corrected chi connectivity index (χ1v) is 8.45. The van der Waals surface area contributed by atoms with Crippen LogP contribution in [0.1, 0.15) is 22.2 Å². The lowest BCUT2D eigenvalue weighted by Crippen LogP contribution is -2.21. The molecule has 106 valence electrons. The second-order valence-corrected chi connectivity index (χ2v) is 7.22. The third-order valence-corrected chi connectivity index (χ3v) is 5.79. The molecule has 0 saturated heterocycles. The molecule has 2 rings (SSSR count). The van der Waals surface area contributed by atoms with Crippen LogP contribution in [0.2, 0.25) is 0 Å². The molecular formula is C14H13Br2NO2S. The average molecular weight is 419 g/mol. The number of ether oxygens (including phenoxy) is 1. The molecule has 0 bridgehead atoms. The van der Waals surface area contributed by atoms with Crippen molar-refractivity contribution < 1.29 is 9.53 Å². The molecule has 0 aliphatic carbocycles. The molecule has 0 radical (unpaired) electrons. The number of nitrogens with one attached hydrogen (secondary N) is 1. The Morgan fingerprint density at radius 1 is 1.35 bits per heavy atom. The van der Waals surface area contributed by atoms with Gasteiger partial charge >= 0.3 is 0 Å². The zero-order valence-electron chi connectivity index (χ0n) is 10.8. The van der Waals surface area contributed by atoms with Crippen molar-refractivity contribution in [3.05, 3.63) is 49.0 Å². The van der Waals surface area contributed by atoms with Crippen LogP contribution in [0.15, 0.2) is 38.6 Å². The maximum atomic E-state index is 12.0. The minimum atomic E-state index is -0.0804. The zero-order valence-corrected chi connectivity index (χ0v) is 14.8. The summed E-state index contributed by atoms with van der Waals surface area (Å²) in [5.41, 5.74) is 1.01. The summed E-state index contributed by atoms with van der Waals surface area (Å²) in [6.45, 7) is 3.06. The summed E-state index contributed by atoms with van der Waals surface area (Å²) in [7, 11) is 0. The van der Waals surface area contributed by atoms with E-state index in [2.05, 4.69) is 37.2 Å². The van der Waals surface area contributed by atoms with Crippen molar-refractivity contribution in [2.45, 2.75) is 13.5 Å². The molecule has 6 heteroatoms. The molecule has 0 unspecified atom stereocenters. The topological polar surface area (TPSA) is 38.3 Å². The van der Waals surface area contributed by atoms with E-state index in [1.54, 1.807) is 6.07 Å². The first kappa shape index (κ1) is 15.5. The number of halogens is 2. The van der Waals surface area contributed by atoms with Crippen LogP contribution in [0.4, 0.5) is 0 Å². The zero-order chi connectivity index (χ0) is 14.5. The molecule has 1 heterocycles. The van der Waals surface area contributed by atoms with Gasteiger partial charge in [0.15, 0.2) is 0 Å². The largest absolute Gasteiger partial charge is 0.494 e. The van der Waals surface area contributed by atoms with Crippen LogP contribution in [0.5, 0.6) is 5.75 Å². The van der Waals surface area contributed by atoms with E-state index in [4.69, 9.17) is 4.74 Å². The highest BCUT2D eigenvalue weighted by atomic mass is 79.9. The number of carbonyl (C=O) groups excluding carboxylic acids is 1. The van der Waals surface area contributed by atoms with Crippen LogP contribution in [-0.2, 0) is 6.54 Å². The fraction of sp³-hybridized carbons (Fsp3) is 0.214. The fourth-order valence-corrected chi connectivity index (χ4v) is 3.59. The van der Waals surface area contributed by atoms with Gasteiger partial charge in [0.25, 0.3) is 5.91 Å². The SMILES string of the molecule is CCOc1cccc(CNC(=O)c2cc(Br)c(Br)s2)c1. The van der Waals surface area contributed by atoms with E-state index in [1.165, 1.54) is 11.3 Å². The van der Waals surface area contributed by atoms with Crippen LogP contribution in [0, 0.1) is 0 Å². The summed E-state index contributed by atoms with van der Waals surface area (Å²) in [4.78, 5) is 12.7. The van der Waals surface area contributed by atoms with E-state index in [1.807, 2.05) is 31.2 Å². The smallest absolute Gasteiger partial charge is 0.261 e. The van der Waals surface area contributed by atoms with Crippen LogP contribution in [0.3, 0.4) is 0 Å². The van der Waals surface area contributed by atoms with Gasteiger partial charge in [-0.05, 0) is 62.5 Å². The average Bonchev–Trinajstić information content (AvgIpc) is 2.77. The minimum Gasteiger partial charge on any atom is -0.494 e. The number of thiophene rings is 1. The molecule has 1 aromatic carbocycles. The Morgan fingerprint density at radius 2 is 2.15 bits per heavy atom. The maximum absolute atomic E-state index is 12.0. The molecule has 0 spiro atoms. The highest BCUT2D eigenvalue weighted by Gasteiger charge is 2.11. The van der Waals surface area contributed by atoms with Crippen molar-refractivity contribution in [2.75, 3.05) is 6.61 Å². The van der Waals surface area contributed by atoms with Crippen molar-refractivity contribution in [1.82, 2.24) is 5.32 Å². The van der Waals surface area contributed by atoms with Crippen molar-refractivity contribution in [1.29, 1.82) is 0 Å². The Labute approximate surface area is 138 Å². The fourth-order valence-electron chi connectivity index (χ4n) is 1.64. The molecule has 1 amide bonds. The van der Waals surface area contributed by atoms with Crippen molar-refractivity contribution in [2.24, 2.45) is 0 Å². The van der Waals surface area contributed by atoms with Gasteiger partial charge in [0, 0.05) is 11.0 Å². The minimum absolute atomic E-state index is 0.0804. The van der Waals surface area contributed by atoms with Gasteiger partial charge in [-0.3, -0.25) is 4.79 Å². The predicted octanol–water partition coefficient (Wildman–Crippen LogP) is 4.60. The van der Waals surface area contributed by atoms with Gasteiger partial charge in [-0.15, -0.1) is 11.3 Å². The predicted molar refractivity (Wildman–Crippen MR) is 88.5 cm³/mol. The quantitative estimate of drug-likeness (QED) is 0.770. The summed E-state index contributed by atoms with van der Waals surface area (Å²) in [6, 6.07) is 9.53. The Morgan fingerprint density at radius 3 is 2.80 bits per heavy atom. The maximum Gasteiger partial charge on any atom is 0.261 e. The molecular weight excluding hydrogens is 406 g/mol. The number of benzene rings is 1. The molecule has 1 aromatic heterocycles. The third kappa shape index (κ3) is 4.07. The Balaban J connectivity index is 1.97. The van der Waals surface area contributed by atoms with Crippen LogP contribution < -0.4 is 10.1 Å². The van der Waals surface area contributed by atoms with E-state index in [-0.39, 0.29) is 5.91 Å². The third-order valence-electron chi connectivity index (χ3n) is 2.53. The lowest BCUT2D eigenvalue weighted by atomic mass is 10.2. The van der Waals surface area contributed by atoms with Gasteiger partial charge in [-0.25, -0.2) is 0 Å². The normalized spacial score (nSPS) is 10.3. The van der Waals surface area contributed by atoms with E-state index in [0.29, 0.717) is 18.0 Å². The number of hydrogen-bond acceptors (Lipinski definition) is 3. The number of rotatable bonds is 5. The first-order valence-electron chi connectivity index (χ1n) is 6.05. The molecule has 20 heavy (non-hydrogen) atoms. The molecule has 0 saturated carbocycles. The number of carbonyl (C=O) groups is 1. The van der Waals surface area contributed by atoms with Gasteiger partial charge in [0.2, 0.25) is 0 Å². The molecule has 3 nitrogen and oxygen atoms in total. The van der Waals surface area contributed by atoms with Gasteiger partial charge in [0.1, 0.15) is 5.75 Å². The number of amides is 1. The van der Waals surface area contributed by atoms with Gasteiger partial charge in [-0.1, -0.05) is 12.1 Å². The van der Waals surface area contributed by atoms with Crippen LogP contribution >= 0.6 is 43.2 Å². The second kappa shape index (κ2) is 7.24. The Kier molecular flexibility index (Phi) is 5.63. The van der Waals surface area contributed by atoms with Crippen LogP contribution in [-0.4, -0.2) is 12.5 Å². The summed E-state index contributed by atoms with van der Waals surface area (Å²) in [6.07, 6.45) is 0. The molecule has 0 aliphatic heterocycles. The van der Waals surface area contributed by atoms with E-state index < -0.39 is 0 Å². The Hall–Kier alpha value is -0.850. The monoisotopic (exact) mass is 417 g/mol. The van der Waals surface area contributed by atoms with Crippen molar-refractivity contribution in [3.8, 4) is 5.75 Å². The first-order chi connectivity index (χ1) is 9.60. The van der Waals surface area contributed by atoms with Gasteiger partial charge in [-0.2, -0.15) is 0 Å². The highest BCUT2D eigenvalue weighted by Crippen LogP contribution is 2.32. The van der Waals surface area contributed by atoms with E-state index >= 15 is 0 Å². The standard InChI is InChI=1S/C14H13Br2NO2S/c1-2-19-10-5-3-4-9(6-10)8-17-14(18)12-7-11(15)13(16)20-12/h3-7H,2,8H2,1H3,(H,17,18). The molecule has 0 aliphatic rings. The van der Waals surface area contributed by atoms with Gasteiger partial charge < -0.3 is 10.1 Å². The second-order valence-electron chi connectivity index (χ2n) is 4.00. The van der Waals surface area contributed by atoms with Crippen molar-refractivity contribution in [3.63, 3.8) is 0 Å². The lowest BCUT2D eigenvalue weighted by molar-refractivity contribution is 0.0955. The summed E-state index contributed by atoms with van der Waals surface area (Å²) in [5.74, 6) is 0.740. The molecule has 0 fully saturated rings. The van der Waals surface area contributed by atoms with Gasteiger partial charge in [0.05, 0.1) is 15.3 Å². The van der Waals surface area contributed by atoms with Crippen molar-refractivity contribution >= 4 is 49.1 Å².